The van der Waals surface area contributed by atoms with E-state index in [1.54, 1.807) is 30.3 Å². The lowest BCUT2D eigenvalue weighted by atomic mass is 10.0. The third-order valence-corrected chi connectivity index (χ3v) is 3.88. The van der Waals surface area contributed by atoms with E-state index in [1.165, 1.54) is 13.0 Å². The van der Waals surface area contributed by atoms with Crippen molar-refractivity contribution in [2.24, 2.45) is 10.1 Å². The number of halogens is 1. The number of H-pyrrole nitrogens is 1. The summed E-state index contributed by atoms with van der Waals surface area (Å²) in [6.45, 7) is 1.24. The van der Waals surface area contributed by atoms with E-state index in [9.17, 15) is 14.3 Å². The summed E-state index contributed by atoms with van der Waals surface area (Å²) in [5.74, 6) is -1.30. The van der Waals surface area contributed by atoms with Crippen LogP contribution in [-0.2, 0) is 9.63 Å². The molecule has 0 aliphatic carbocycles. The average molecular weight is 337 g/mol. The van der Waals surface area contributed by atoms with Gasteiger partial charge in [-0.15, -0.1) is 0 Å². The minimum Gasteiger partial charge on any atom is -0.494 e. The van der Waals surface area contributed by atoms with Crippen LogP contribution in [0.15, 0.2) is 52.6 Å². The Hall–Kier alpha value is -3.48. The van der Waals surface area contributed by atoms with Gasteiger partial charge in [-0.3, -0.25) is 0 Å². The SMILES string of the molecule is CC(=O)ON=C1C(c2c(O)[nH]c3c(F)cccc23)=Nc2ccccc21. The van der Waals surface area contributed by atoms with Crippen molar-refractivity contribution in [3.8, 4) is 5.88 Å². The summed E-state index contributed by atoms with van der Waals surface area (Å²) in [5, 5.41) is 14.7. The predicted octanol–water partition coefficient (Wildman–Crippen LogP) is 3.41. The number of hydrogen-bond acceptors (Lipinski definition) is 5. The Bertz CT molecular complexity index is 1080. The highest BCUT2D eigenvalue weighted by Crippen LogP contribution is 2.36. The molecule has 1 aliphatic rings. The van der Waals surface area contributed by atoms with Gasteiger partial charge in [-0.1, -0.05) is 35.5 Å². The summed E-state index contributed by atoms with van der Waals surface area (Å²) < 4.78 is 14.0. The molecule has 0 fully saturated rings. The maximum absolute atomic E-state index is 14.0. The monoisotopic (exact) mass is 337 g/mol. The molecule has 2 heterocycles. The molecule has 4 rings (SSSR count). The average Bonchev–Trinajstić information content (AvgIpc) is 3.10. The largest absolute Gasteiger partial charge is 0.494 e. The number of aromatic amines is 1. The van der Waals surface area contributed by atoms with Crippen molar-refractivity contribution in [2.75, 3.05) is 0 Å². The van der Waals surface area contributed by atoms with Gasteiger partial charge < -0.3 is 14.9 Å². The first-order valence-corrected chi connectivity index (χ1v) is 7.50. The van der Waals surface area contributed by atoms with Crippen LogP contribution in [0.2, 0.25) is 0 Å². The molecule has 0 saturated carbocycles. The number of carbonyl (C=O) groups is 1. The number of fused-ring (bicyclic) bond motifs is 2. The number of para-hydroxylation sites is 2. The van der Waals surface area contributed by atoms with E-state index in [1.807, 2.05) is 6.07 Å². The Labute approximate surface area is 141 Å². The van der Waals surface area contributed by atoms with Crippen LogP contribution in [0, 0.1) is 5.82 Å². The van der Waals surface area contributed by atoms with Crippen molar-refractivity contribution >= 4 is 34.0 Å². The van der Waals surface area contributed by atoms with Gasteiger partial charge in [0.15, 0.2) is 5.88 Å². The van der Waals surface area contributed by atoms with Gasteiger partial charge in [0, 0.05) is 17.9 Å². The van der Waals surface area contributed by atoms with E-state index >= 15 is 0 Å². The fourth-order valence-electron chi connectivity index (χ4n) is 2.86. The molecule has 0 atom stereocenters. The van der Waals surface area contributed by atoms with E-state index in [2.05, 4.69) is 15.1 Å². The number of hydrogen-bond donors (Lipinski definition) is 2. The van der Waals surface area contributed by atoms with Gasteiger partial charge in [-0.05, 0) is 12.1 Å². The lowest BCUT2D eigenvalue weighted by molar-refractivity contribution is -0.140. The first kappa shape index (κ1) is 15.1. The van der Waals surface area contributed by atoms with Gasteiger partial charge in [0.25, 0.3) is 0 Å². The number of nitrogens with zero attached hydrogens (tertiary/aromatic N) is 2. The molecule has 0 bridgehead atoms. The summed E-state index contributed by atoms with van der Waals surface area (Å²) in [7, 11) is 0. The Morgan fingerprint density at radius 2 is 2.04 bits per heavy atom. The molecule has 0 unspecified atom stereocenters. The van der Waals surface area contributed by atoms with E-state index in [-0.39, 0.29) is 11.4 Å². The van der Waals surface area contributed by atoms with E-state index in [0.29, 0.717) is 33.6 Å². The Kier molecular flexibility index (Phi) is 3.35. The molecule has 0 spiro atoms. The van der Waals surface area contributed by atoms with Crippen molar-refractivity contribution in [3.05, 3.63) is 59.4 Å². The van der Waals surface area contributed by atoms with E-state index in [0.717, 1.165) is 0 Å². The predicted molar refractivity (Wildman–Crippen MR) is 90.9 cm³/mol. The zero-order valence-corrected chi connectivity index (χ0v) is 13.1. The molecule has 7 heteroatoms. The lowest BCUT2D eigenvalue weighted by Crippen LogP contribution is -2.14. The normalized spacial score (nSPS) is 14.6. The molecule has 124 valence electrons. The van der Waals surface area contributed by atoms with Crippen LogP contribution < -0.4 is 0 Å². The van der Waals surface area contributed by atoms with Gasteiger partial charge in [0.2, 0.25) is 0 Å². The zero-order valence-electron chi connectivity index (χ0n) is 13.1. The molecular weight excluding hydrogens is 325 g/mol. The van der Waals surface area contributed by atoms with Crippen molar-refractivity contribution in [1.82, 2.24) is 4.98 Å². The van der Waals surface area contributed by atoms with Gasteiger partial charge in [-0.25, -0.2) is 14.2 Å². The second kappa shape index (κ2) is 5.55. The Morgan fingerprint density at radius 3 is 2.84 bits per heavy atom. The maximum atomic E-state index is 14.0. The van der Waals surface area contributed by atoms with Crippen molar-refractivity contribution in [3.63, 3.8) is 0 Å². The molecule has 2 N–H and O–H groups in total. The fraction of sp³-hybridized carbons (Fsp3) is 0.0556. The first-order chi connectivity index (χ1) is 12.1. The number of benzene rings is 2. The van der Waals surface area contributed by atoms with Crippen LogP contribution in [0.1, 0.15) is 18.1 Å². The molecule has 0 saturated heterocycles. The van der Waals surface area contributed by atoms with Crippen molar-refractivity contribution in [1.29, 1.82) is 0 Å². The number of nitrogens with one attached hydrogen (secondary N) is 1. The van der Waals surface area contributed by atoms with Gasteiger partial charge in [-0.2, -0.15) is 0 Å². The van der Waals surface area contributed by atoms with Crippen LogP contribution in [0.25, 0.3) is 10.9 Å². The minimum atomic E-state index is -0.578. The second-order valence-corrected chi connectivity index (χ2v) is 5.51. The topological polar surface area (TPSA) is 87.0 Å². The molecule has 2 aromatic carbocycles. The summed E-state index contributed by atoms with van der Waals surface area (Å²) in [5.41, 5.74) is 2.35. The third kappa shape index (κ3) is 2.37. The van der Waals surface area contributed by atoms with E-state index < -0.39 is 11.8 Å². The number of aromatic nitrogens is 1. The summed E-state index contributed by atoms with van der Waals surface area (Å²) in [6.07, 6.45) is 0. The van der Waals surface area contributed by atoms with Crippen LogP contribution >= 0.6 is 0 Å². The van der Waals surface area contributed by atoms with Crippen molar-refractivity contribution in [2.45, 2.75) is 6.92 Å². The molecule has 1 aromatic heterocycles. The molecule has 0 radical (unpaired) electrons. The quantitative estimate of drug-likeness (QED) is 0.555. The highest BCUT2D eigenvalue weighted by Gasteiger charge is 2.29. The molecular formula is C18H12FN3O3. The highest BCUT2D eigenvalue weighted by molar-refractivity contribution is 6.58. The highest BCUT2D eigenvalue weighted by atomic mass is 19.1. The van der Waals surface area contributed by atoms with Gasteiger partial charge >= 0.3 is 5.97 Å². The summed E-state index contributed by atoms with van der Waals surface area (Å²) >= 11 is 0. The second-order valence-electron chi connectivity index (χ2n) is 5.51. The molecule has 0 amide bonds. The van der Waals surface area contributed by atoms with Crippen LogP contribution in [0.3, 0.4) is 0 Å². The Morgan fingerprint density at radius 1 is 1.24 bits per heavy atom. The lowest BCUT2D eigenvalue weighted by Gasteiger charge is -2.03. The first-order valence-electron chi connectivity index (χ1n) is 7.50. The number of carbonyl (C=O) groups excluding carboxylic acids is 1. The summed E-state index contributed by atoms with van der Waals surface area (Å²) in [4.78, 5) is 23.1. The fourth-order valence-corrected chi connectivity index (χ4v) is 2.86. The van der Waals surface area contributed by atoms with Crippen LogP contribution in [0.4, 0.5) is 10.1 Å². The third-order valence-electron chi connectivity index (χ3n) is 3.88. The minimum absolute atomic E-state index is 0.167. The molecule has 1 aliphatic heterocycles. The number of aromatic hydroxyl groups is 1. The number of oxime groups is 1. The zero-order chi connectivity index (χ0) is 17.6. The maximum Gasteiger partial charge on any atom is 0.332 e. The van der Waals surface area contributed by atoms with Crippen LogP contribution in [0.5, 0.6) is 5.88 Å². The van der Waals surface area contributed by atoms with Gasteiger partial charge in [0.1, 0.15) is 17.2 Å². The smallest absolute Gasteiger partial charge is 0.332 e. The van der Waals surface area contributed by atoms with Crippen molar-refractivity contribution < 1.29 is 19.1 Å². The Balaban J connectivity index is 1.96. The number of aliphatic imine (C=N–C) groups is 1. The molecule has 6 nitrogen and oxygen atoms in total. The number of rotatable bonds is 2. The molecule has 3 aromatic rings. The summed E-state index contributed by atoms with van der Waals surface area (Å²) in [6, 6.07) is 11.7. The molecule has 25 heavy (non-hydrogen) atoms. The van der Waals surface area contributed by atoms with E-state index in [4.69, 9.17) is 4.84 Å². The van der Waals surface area contributed by atoms with Crippen LogP contribution in [-0.4, -0.2) is 27.5 Å². The van der Waals surface area contributed by atoms with Gasteiger partial charge in [0.05, 0.1) is 16.8 Å². The standard InChI is InChI=1S/C18H12FN3O3/c1-9(23)25-22-16-10-5-2-3-8-13(10)20-17(16)14-11-6-4-7-12(19)15(11)21-18(14)24/h2-8,21,24H,1H3.